The molecule has 2 aliphatic rings. The van der Waals surface area contributed by atoms with E-state index < -0.39 is 0 Å². The van der Waals surface area contributed by atoms with Gasteiger partial charge in [-0.15, -0.1) is 0 Å². The fraction of sp³-hybridized carbons (Fsp3) is 0.423. The maximum Gasteiger partial charge on any atom is 0.243 e. The summed E-state index contributed by atoms with van der Waals surface area (Å²) >= 11 is 0. The van der Waals surface area contributed by atoms with Crippen molar-refractivity contribution in [2.24, 2.45) is 5.10 Å². The fourth-order valence-corrected chi connectivity index (χ4v) is 4.38. The molecule has 32 heavy (non-hydrogen) atoms. The Morgan fingerprint density at radius 1 is 0.969 bits per heavy atom. The van der Waals surface area contributed by atoms with E-state index in [0.717, 1.165) is 50.2 Å². The molecular formula is C26H32N4O2. The molecule has 2 amide bonds. The SMILES string of the molecule is Cc1ccccc1CN1CCC(NC(=O)CCC(=O)N2CCC(c3ccccc3)=N2)CC1. The van der Waals surface area contributed by atoms with E-state index in [-0.39, 0.29) is 30.7 Å². The molecule has 0 spiro atoms. The van der Waals surface area contributed by atoms with Crippen LogP contribution in [0.3, 0.4) is 0 Å². The number of nitrogens with one attached hydrogen (secondary N) is 1. The molecule has 1 N–H and O–H groups in total. The first-order valence-electron chi connectivity index (χ1n) is 11.6. The Hall–Kier alpha value is -2.99. The second-order valence-electron chi connectivity index (χ2n) is 8.72. The van der Waals surface area contributed by atoms with Crippen molar-refractivity contribution in [3.8, 4) is 0 Å². The van der Waals surface area contributed by atoms with Gasteiger partial charge in [0.15, 0.2) is 0 Å². The molecule has 2 heterocycles. The monoisotopic (exact) mass is 432 g/mol. The van der Waals surface area contributed by atoms with Crippen LogP contribution in [-0.4, -0.2) is 53.1 Å². The largest absolute Gasteiger partial charge is 0.353 e. The van der Waals surface area contributed by atoms with Crippen molar-refractivity contribution in [1.29, 1.82) is 0 Å². The third kappa shape index (κ3) is 5.82. The molecule has 2 aromatic rings. The summed E-state index contributed by atoms with van der Waals surface area (Å²) in [5, 5.41) is 9.10. The molecular weight excluding hydrogens is 400 g/mol. The van der Waals surface area contributed by atoms with Gasteiger partial charge in [0.2, 0.25) is 11.8 Å². The van der Waals surface area contributed by atoms with Crippen molar-refractivity contribution in [1.82, 2.24) is 15.2 Å². The summed E-state index contributed by atoms with van der Waals surface area (Å²) in [5.41, 5.74) is 4.68. The first-order valence-corrected chi connectivity index (χ1v) is 11.6. The molecule has 0 radical (unpaired) electrons. The minimum absolute atomic E-state index is 0.0397. The van der Waals surface area contributed by atoms with Gasteiger partial charge in [-0.2, -0.15) is 5.10 Å². The van der Waals surface area contributed by atoms with E-state index in [1.807, 2.05) is 30.3 Å². The van der Waals surface area contributed by atoms with Crippen LogP contribution in [-0.2, 0) is 16.1 Å². The van der Waals surface area contributed by atoms with Gasteiger partial charge in [0.25, 0.3) is 0 Å². The second-order valence-corrected chi connectivity index (χ2v) is 8.72. The molecule has 0 bridgehead atoms. The summed E-state index contributed by atoms with van der Waals surface area (Å²) in [7, 11) is 0. The van der Waals surface area contributed by atoms with Crippen LogP contribution in [0.25, 0.3) is 0 Å². The lowest BCUT2D eigenvalue weighted by Crippen LogP contribution is -2.44. The van der Waals surface area contributed by atoms with Crippen molar-refractivity contribution < 1.29 is 9.59 Å². The molecule has 2 aromatic carbocycles. The maximum absolute atomic E-state index is 12.5. The van der Waals surface area contributed by atoms with E-state index >= 15 is 0 Å². The zero-order chi connectivity index (χ0) is 22.3. The second kappa shape index (κ2) is 10.6. The first kappa shape index (κ1) is 22.2. The highest BCUT2D eigenvalue weighted by Gasteiger charge is 2.24. The standard InChI is InChI=1S/C26H32N4O2/c1-20-7-5-6-10-22(20)19-29-16-13-23(14-17-29)27-25(31)11-12-26(32)30-18-15-24(28-30)21-8-3-2-4-9-21/h2-10,23H,11-19H2,1H3,(H,27,31). The van der Waals surface area contributed by atoms with Gasteiger partial charge in [-0.1, -0.05) is 54.6 Å². The molecule has 1 fully saturated rings. The first-order chi connectivity index (χ1) is 15.6. The highest BCUT2D eigenvalue weighted by Crippen LogP contribution is 2.17. The van der Waals surface area contributed by atoms with Crippen molar-refractivity contribution in [3.05, 3.63) is 71.3 Å². The van der Waals surface area contributed by atoms with Gasteiger partial charge >= 0.3 is 0 Å². The van der Waals surface area contributed by atoms with Crippen LogP contribution in [0.5, 0.6) is 0 Å². The smallest absolute Gasteiger partial charge is 0.243 e. The van der Waals surface area contributed by atoms with E-state index in [1.165, 1.54) is 16.1 Å². The summed E-state index contributed by atoms with van der Waals surface area (Å²) in [6, 6.07) is 18.6. The number of hydrazone groups is 1. The van der Waals surface area contributed by atoms with Crippen LogP contribution < -0.4 is 5.32 Å². The average molecular weight is 433 g/mol. The quantitative estimate of drug-likeness (QED) is 0.728. The van der Waals surface area contributed by atoms with Crippen LogP contribution >= 0.6 is 0 Å². The number of benzene rings is 2. The van der Waals surface area contributed by atoms with Gasteiger partial charge in [-0.25, -0.2) is 5.01 Å². The van der Waals surface area contributed by atoms with Crippen LogP contribution in [0.4, 0.5) is 0 Å². The summed E-state index contributed by atoms with van der Waals surface area (Å²) in [6.45, 7) is 5.65. The molecule has 0 saturated carbocycles. The van der Waals surface area contributed by atoms with Crippen LogP contribution in [0.2, 0.25) is 0 Å². The van der Waals surface area contributed by atoms with Crippen molar-refractivity contribution in [2.75, 3.05) is 19.6 Å². The van der Waals surface area contributed by atoms with Gasteiger partial charge in [0.1, 0.15) is 0 Å². The molecule has 6 nitrogen and oxygen atoms in total. The number of carbonyl (C=O) groups is 2. The molecule has 2 aliphatic heterocycles. The Labute approximate surface area is 190 Å². The van der Waals surface area contributed by atoms with E-state index in [1.54, 1.807) is 0 Å². The summed E-state index contributed by atoms with van der Waals surface area (Å²) < 4.78 is 0. The number of hydrogen-bond donors (Lipinski definition) is 1. The number of piperidine rings is 1. The Morgan fingerprint density at radius 2 is 1.69 bits per heavy atom. The molecule has 4 rings (SSSR count). The van der Waals surface area contributed by atoms with Crippen LogP contribution in [0.15, 0.2) is 59.7 Å². The summed E-state index contributed by atoms with van der Waals surface area (Å²) in [5.74, 6) is -0.124. The molecule has 1 saturated heterocycles. The predicted molar refractivity (Wildman–Crippen MR) is 126 cm³/mol. The molecule has 0 atom stereocenters. The topological polar surface area (TPSA) is 65.0 Å². The molecule has 0 aliphatic carbocycles. The number of likely N-dealkylation sites (tertiary alicyclic amines) is 1. The van der Waals surface area contributed by atoms with Crippen molar-refractivity contribution >= 4 is 17.5 Å². The van der Waals surface area contributed by atoms with E-state index in [9.17, 15) is 9.59 Å². The fourth-order valence-electron chi connectivity index (χ4n) is 4.38. The van der Waals surface area contributed by atoms with E-state index in [4.69, 9.17) is 0 Å². The third-order valence-corrected chi connectivity index (χ3v) is 6.37. The van der Waals surface area contributed by atoms with Crippen LogP contribution in [0.1, 0.15) is 48.8 Å². The summed E-state index contributed by atoms with van der Waals surface area (Å²) in [4.78, 5) is 27.3. The predicted octanol–water partition coefficient (Wildman–Crippen LogP) is 3.49. The normalized spacial score (nSPS) is 17.3. The van der Waals surface area contributed by atoms with Gasteiger partial charge in [-0.05, 0) is 36.5 Å². The Bertz CT molecular complexity index is 965. The lowest BCUT2D eigenvalue weighted by atomic mass is 10.0. The Kier molecular flexibility index (Phi) is 7.32. The molecule has 6 heteroatoms. The Morgan fingerprint density at radius 3 is 2.44 bits per heavy atom. The lowest BCUT2D eigenvalue weighted by Gasteiger charge is -2.32. The molecule has 0 aromatic heterocycles. The summed E-state index contributed by atoms with van der Waals surface area (Å²) in [6.07, 6.45) is 3.06. The van der Waals surface area contributed by atoms with Crippen molar-refractivity contribution in [3.63, 3.8) is 0 Å². The van der Waals surface area contributed by atoms with Gasteiger partial charge in [0, 0.05) is 44.9 Å². The minimum Gasteiger partial charge on any atom is -0.353 e. The number of nitrogens with zero attached hydrogens (tertiary/aromatic N) is 3. The van der Waals surface area contributed by atoms with E-state index in [2.05, 4.69) is 46.5 Å². The molecule has 168 valence electrons. The van der Waals surface area contributed by atoms with Crippen LogP contribution in [0, 0.1) is 6.92 Å². The number of aryl methyl sites for hydroxylation is 1. The minimum atomic E-state index is -0.0841. The van der Waals surface area contributed by atoms with Gasteiger partial charge in [0.05, 0.1) is 12.3 Å². The maximum atomic E-state index is 12.5. The van der Waals surface area contributed by atoms with E-state index in [0.29, 0.717) is 6.54 Å². The van der Waals surface area contributed by atoms with Gasteiger partial charge < -0.3 is 5.32 Å². The highest BCUT2D eigenvalue weighted by atomic mass is 16.2. The highest BCUT2D eigenvalue weighted by molar-refractivity contribution is 6.02. The third-order valence-electron chi connectivity index (χ3n) is 6.37. The lowest BCUT2D eigenvalue weighted by molar-refractivity contribution is -0.133. The average Bonchev–Trinajstić information content (AvgIpc) is 3.31. The number of carbonyl (C=O) groups excluding carboxylic acids is 2. The Balaban J connectivity index is 1.17. The number of amides is 2. The molecule has 0 unspecified atom stereocenters. The van der Waals surface area contributed by atoms with Gasteiger partial charge in [-0.3, -0.25) is 14.5 Å². The van der Waals surface area contributed by atoms with Crippen molar-refractivity contribution in [2.45, 2.75) is 51.6 Å². The zero-order valence-electron chi connectivity index (χ0n) is 18.8. The number of rotatable bonds is 7. The number of hydrogen-bond acceptors (Lipinski definition) is 4. The zero-order valence-corrected chi connectivity index (χ0v) is 18.8.